The Kier molecular flexibility index (Phi) is 8.80. The Hall–Kier alpha value is -3.46. The number of rotatable bonds is 10. The van der Waals surface area contributed by atoms with Crippen LogP contribution in [-0.2, 0) is 24.1 Å². The van der Waals surface area contributed by atoms with Crippen molar-refractivity contribution in [2.24, 2.45) is 0 Å². The molecule has 6 rings (SSSR count). The number of ether oxygens (including phenoxy) is 1. The van der Waals surface area contributed by atoms with E-state index in [-0.39, 0.29) is 5.75 Å². The highest BCUT2D eigenvalue weighted by atomic mass is 16.5. The van der Waals surface area contributed by atoms with Crippen LogP contribution in [-0.4, -0.2) is 76.0 Å². The van der Waals surface area contributed by atoms with Crippen molar-refractivity contribution in [3.8, 4) is 5.75 Å². The van der Waals surface area contributed by atoms with Crippen LogP contribution >= 0.6 is 0 Å². The van der Waals surface area contributed by atoms with E-state index >= 15 is 0 Å². The van der Waals surface area contributed by atoms with Crippen LogP contribution in [0.5, 0.6) is 5.75 Å². The molecule has 0 aliphatic carbocycles. The van der Waals surface area contributed by atoms with Gasteiger partial charge < -0.3 is 25.0 Å². The Balaban J connectivity index is 1.22. The quantitative estimate of drug-likeness (QED) is 0.265. The van der Waals surface area contributed by atoms with Crippen molar-refractivity contribution in [3.63, 3.8) is 0 Å². The van der Waals surface area contributed by atoms with Crippen LogP contribution in [0.2, 0.25) is 0 Å². The second kappa shape index (κ2) is 13.0. The lowest BCUT2D eigenvalue weighted by molar-refractivity contribution is 0.0357. The average molecular weight is 555 g/mol. The van der Waals surface area contributed by atoms with Gasteiger partial charge in [-0.1, -0.05) is 36.4 Å². The molecule has 8 nitrogen and oxygen atoms in total. The summed E-state index contributed by atoms with van der Waals surface area (Å²) in [6.45, 7) is 8.28. The summed E-state index contributed by atoms with van der Waals surface area (Å²) >= 11 is 0. The van der Waals surface area contributed by atoms with Crippen LogP contribution in [0.1, 0.15) is 41.8 Å². The summed E-state index contributed by atoms with van der Waals surface area (Å²) in [4.78, 5) is 12.2. The topological polar surface area (TPSA) is 87.5 Å². The Morgan fingerprint density at radius 3 is 2.68 bits per heavy atom. The first-order valence-electron chi connectivity index (χ1n) is 15.1. The third-order valence-corrected chi connectivity index (χ3v) is 8.48. The molecule has 0 amide bonds. The predicted molar refractivity (Wildman–Crippen MR) is 164 cm³/mol. The molecule has 2 unspecified atom stereocenters. The van der Waals surface area contributed by atoms with E-state index in [2.05, 4.69) is 73.6 Å². The molecule has 2 aromatic carbocycles. The van der Waals surface area contributed by atoms with E-state index in [0.29, 0.717) is 24.3 Å². The molecular formula is C33H42N6O2. The van der Waals surface area contributed by atoms with Gasteiger partial charge in [0.25, 0.3) is 0 Å². The molecule has 0 saturated carbocycles. The van der Waals surface area contributed by atoms with E-state index in [0.717, 1.165) is 94.2 Å². The highest BCUT2D eigenvalue weighted by Gasteiger charge is 2.25. The standard InChI is InChI=1S/C33H42N6O2/c1-24-7-12-32(40)30(35-24)23-39-31-21-26(9-8-25-5-3-2-4-6-25)10-11-29(31)37-33(39)36-28-13-15-34-27(22-28)14-16-38-17-19-41-20-18-38/h2-7,10-12,21,27-28,34,40H,8-9,13-20,22-23H2,1H3,(H,36,37). The van der Waals surface area contributed by atoms with Crippen LogP contribution in [0.4, 0.5) is 5.95 Å². The van der Waals surface area contributed by atoms with Crippen molar-refractivity contribution in [2.75, 3.05) is 44.7 Å². The number of nitrogens with zero attached hydrogens (tertiary/aromatic N) is 4. The lowest BCUT2D eigenvalue weighted by Crippen LogP contribution is -2.46. The highest BCUT2D eigenvalue weighted by molar-refractivity contribution is 5.79. The molecule has 2 saturated heterocycles. The van der Waals surface area contributed by atoms with Gasteiger partial charge in [0, 0.05) is 30.9 Å². The second-order valence-electron chi connectivity index (χ2n) is 11.5. The number of anilines is 1. The number of benzene rings is 2. The number of morpholine rings is 1. The zero-order valence-electron chi connectivity index (χ0n) is 24.1. The number of nitrogens with one attached hydrogen (secondary N) is 2. The Morgan fingerprint density at radius 1 is 1.00 bits per heavy atom. The lowest BCUT2D eigenvalue weighted by atomic mass is 9.97. The minimum atomic E-state index is 0.216. The van der Waals surface area contributed by atoms with Gasteiger partial charge in [-0.2, -0.15) is 0 Å². The molecule has 2 fully saturated rings. The fourth-order valence-electron chi connectivity index (χ4n) is 6.10. The van der Waals surface area contributed by atoms with Gasteiger partial charge in [-0.3, -0.25) is 9.88 Å². The van der Waals surface area contributed by atoms with Crippen LogP contribution in [0, 0.1) is 6.92 Å². The fraction of sp³-hybridized carbons (Fsp3) is 0.455. The summed E-state index contributed by atoms with van der Waals surface area (Å²) in [7, 11) is 0. The van der Waals surface area contributed by atoms with Crippen molar-refractivity contribution in [1.29, 1.82) is 0 Å². The van der Waals surface area contributed by atoms with E-state index in [9.17, 15) is 5.11 Å². The number of piperidine rings is 1. The molecule has 0 radical (unpaired) electrons. The van der Waals surface area contributed by atoms with Gasteiger partial charge in [-0.15, -0.1) is 0 Å². The molecule has 4 aromatic rings. The molecule has 4 heterocycles. The van der Waals surface area contributed by atoms with E-state index < -0.39 is 0 Å². The van der Waals surface area contributed by atoms with Crippen molar-refractivity contribution in [2.45, 2.75) is 57.7 Å². The molecule has 2 aliphatic rings. The zero-order valence-corrected chi connectivity index (χ0v) is 24.1. The van der Waals surface area contributed by atoms with Crippen LogP contribution < -0.4 is 10.6 Å². The first-order valence-corrected chi connectivity index (χ1v) is 15.1. The lowest BCUT2D eigenvalue weighted by Gasteiger charge is -2.33. The Labute approximate surface area is 242 Å². The number of aromatic hydroxyl groups is 1. The van der Waals surface area contributed by atoms with E-state index in [1.54, 1.807) is 6.07 Å². The van der Waals surface area contributed by atoms with Crippen molar-refractivity contribution in [1.82, 2.24) is 24.8 Å². The third kappa shape index (κ3) is 7.07. The van der Waals surface area contributed by atoms with Gasteiger partial charge in [0.2, 0.25) is 5.95 Å². The summed E-state index contributed by atoms with van der Waals surface area (Å²) in [6, 6.07) is 21.6. The molecule has 216 valence electrons. The smallest absolute Gasteiger partial charge is 0.204 e. The molecular weight excluding hydrogens is 512 g/mol. The molecule has 0 spiro atoms. The van der Waals surface area contributed by atoms with E-state index in [1.807, 2.05) is 13.0 Å². The summed E-state index contributed by atoms with van der Waals surface area (Å²) in [5.74, 6) is 1.07. The van der Waals surface area contributed by atoms with E-state index in [1.165, 1.54) is 11.1 Å². The maximum Gasteiger partial charge on any atom is 0.204 e. The van der Waals surface area contributed by atoms with Gasteiger partial charge in [0.1, 0.15) is 11.4 Å². The summed E-state index contributed by atoms with van der Waals surface area (Å²) in [5, 5.41) is 18.2. The number of hydrogen-bond acceptors (Lipinski definition) is 7. The van der Waals surface area contributed by atoms with Crippen LogP contribution in [0.3, 0.4) is 0 Å². The number of imidazole rings is 1. The number of aromatic nitrogens is 3. The van der Waals surface area contributed by atoms with Crippen LogP contribution in [0.15, 0.2) is 60.7 Å². The van der Waals surface area contributed by atoms with Crippen LogP contribution in [0.25, 0.3) is 11.0 Å². The summed E-state index contributed by atoms with van der Waals surface area (Å²) in [5.41, 5.74) is 6.20. The predicted octanol–water partition coefficient (Wildman–Crippen LogP) is 4.53. The van der Waals surface area contributed by atoms with Crippen molar-refractivity contribution in [3.05, 3.63) is 83.2 Å². The minimum Gasteiger partial charge on any atom is -0.506 e. The highest BCUT2D eigenvalue weighted by Crippen LogP contribution is 2.27. The summed E-state index contributed by atoms with van der Waals surface area (Å²) < 4.78 is 7.71. The maximum absolute atomic E-state index is 10.6. The molecule has 2 aliphatic heterocycles. The second-order valence-corrected chi connectivity index (χ2v) is 11.5. The van der Waals surface area contributed by atoms with Gasteiger partial charge in [0.15, 0.2) is 0 Å². The van der Waals surface area contributed by atoms with Gasteiger partial charge in [-0.05, 0) is 87.5 Å². The zero-order chi connectivity index (χ0) is 28.0. The summed E-state index contributed by atoms with van der Waals surface area (Å²) in [6.07, 6.45) is 5.20. The van der Waals surface area contributed by atoms with Crippen molar-refractivity contribution >= 4 is 17.0 Å². The first kappa shape index (κ1) is 27.7. The molecule has 3 N–H and O–H groups in total. The number of hydrogen-bond donors (Lipinski definition) is 3. The minimum absolute atomic E-state index is 0.216. The number of fused-ring (bicyclic) bond motifs is 1. The normalized spacial score (nSPS) is 19.9. The Morgan fingerprint density at radius 2 is 1.83 bits per heavy atom. The largest absolute Gasteiger partial charge is 0.506 e. The molecule has 41 heavy (non-hydrogen) atoms. The van der Waals surface area contributed by atoms with E-state index in [4.69, 9.17) is 9.72 Å². The SMILES string of the molecule is Cc1ccc(O)c(Cn2c(NC3CCNC(CCN4CCOCC4)C3)nc3ccc(CCc4ccccc4)cc32)n1. The third-order valence-electron chi connectivity index (χ3n) is 8.48. The number of aryl methyl sites for hydroxylation is 3. The molecule has 8 heteroatoms. The molecule has 2 aromatic heterocycles. The monoisotopic (exact) mass is 554 g/mol. The van der Waals surface area contributed by atoms with Gasteiger partial charge in [0.05, 0.1) is 30.8 Å². The van der Waals surface area contributed by atoms with Crippen molar-refractivity contribution < 1.29 is 9.84 Å². The number of pyridine rings is 1. The van der Waals surface area contributed by atoms with Gasteiger partial charge >= 0.3 is 0 Å². The first-order chi connectivity index (χ1) is 20.1. The Bertz CT molecular complexity index is 1430. The molecule has 0 bridgehead atoms. The average Bonchev–Trinajstić information content (AvgIpc) is 3.34. The molecule has 2 atom stereocenters. The fourth-order valence-corrected chi connectivity index (χ4v) is 6.10. The van der Waals surface area contributed by atoms with Gasteiger partial charge in [-0.25, -0.2) is 4.98 Å². The maximum atomic E-state index is 10.6.